The molecule has 4 heterocycles. The Morgan fingerprint density at radius 1 is 0.471 bits per heavy atom. The molecule has 0 saturated heterocycles. The number of aromatic nitrogens is 3. The largest absolute Gasteiger partial charge is 0.490 e. The summed E-state index contributed by atoms with van der Waals surface area (Å²) in [4.78, 5) is 40.4. The lowest BCUT2D eigenvalue weighted by atomic mass is 9.86. The topological polar surface area (TPSA) is 106 Å². The minimum absolute atomic E-state index is 0.0611. The summed E-state index contributed by atoms with van der Waals surface area (Å²) in [6, 6.07) is 20.1. The molecule has 10 nitrogen and oxygen atoms in total. The molecule has 0 spiro atoms. The van der Waals surface area contributed by atoms with Crippen molar-refractivity contribution in [2.24, 2.45) is 4.99 Å². The first-order valence-corrected chi connectivity index (χ1v) is 26.6. The second-order valence-electron chi connectivity index (χ2n) is 19.8. The van der Waals surface area contributed by atoms with Gasteiger partial charge in [-0.05, 0) is 94.4 Å². The molecule has 0 amide bonds. The van der Waals surface area contributed by atoms with Gasteiger partial charge in [-0.1, -0.05) is 129 Å². The Kier molecular flexibility index (Phi) is 13.0. The van der Waals surface area contributed by atoms with Gasteiger partial charge in [0.05, 0.1) is 49.5 Å². The first-order chi connectivity index (χ1) is 34.4. The first-order valence-electron chi connectivity index (χ1n) is 26.6. The summed E-state index contributed by atoms with van der Waals surface area (Å²) in [5, 5.41) is 11.2. The molecule has 0 saturated carbocycles. The molecule has 9 aromatic rings. The summed E-state index contributed by atoms with van der Waals surface area (Å²) < 4.78 is 29.3. The third kappa shape index (κ3) is 7.86. The van der Waals surface area contributed by atoms with Crippen molar-refractivity contribution in [3.63, 3.8) is 0 Å². The second-order valence-corrected chi connectivity index (χ2v) is 19.8. The normalized spacial score (nSPS) is 15.8. The predicted molar refractivity (Wildman–Crippen MR) is 286 cm³/mol. The van der Waals surface area contributed by atoms with E-state index in [1.54, 1.807) is 4.40 Å². The Bertz CT molecular complexity index is 3620. The lowest BCUT2D eigenvalue weighted by Gasteiger charge is -2.25. The van der Waals surface area contributed by atoms with Gasteiger partial charge >= 0.3 is 0 Å². The van der Waals surface area contributed by atoms with Crippen molar-refractivity contribution in [2.75, 3.05) is 26.4 Å². The quantitative estimate of drug-likeness (QED) is 0.0337. The van der Waals surface area contributed by atoms with Crippen LogP contribution in [-0.2, 0) is 9.47 Å². The van der Waals surface area contributed by atoms with Crippen LogP contribution in [0.1, 0.15) is 136 Å². The number of ether oxygens (including phenoxy) is 4. The van der Waals surface area contributed by atoms with E-state index in [0.717, 1.165) is 130 Å². The smallest absolute Gasteiger partial charge is 0.264 e. The molecular formula is C60H66N4O6. The zero-order valence-electron chi connectivity index (χ0n) is 41.5. The van der Waals surface area contributed by atoms with Gasteiger partial charge in [-0.15, -0.1) is 0 Å². The number of imidazole rings is 1. The monoisotopic (exact) mass is 938 g/mol. The molecule has 6 aromatic carbocycles. The van der Waals surface area contributed by atoms with E-state index >= 15 is 0 Å². The molecule has 0 bridgehead atoms. The number of hydrogen-bond donors (Lipinski definition) is 0. The van der Waals surface area contributed by atoms with Crippen molar-refractivity contribution in [3.05, 3.63) is 111 Å². The zero-order chi connectivity index (χ0) is 47.9. The van der Waals surface area contributed by atoms with Gasteiger partial charge in [-0.25, -0.2) is 4.98 Å². The minimum atomic E-state index is -0.320. The van der Waals surface area contributed by atoms with Crippen molar-refractivity contribution in [1.29, 1.82) is 0 Å². The number of hydrogen-bond acceptors (Lipinski definition) is 8. The molecule has 0 radical (unpaired) electrons. The van der Waals surface area contributed by atoms with Gasteiger partial charge in [-0.3, -0.25) is 23.5 Å². The molecule has 0 fully saturated rings. The molecule has 2 atom stereocenters. The van der Waals surface area contributed by atoms with Crippen LogP contribution in [0.5, 0.6) is 11.5 Å². The van der Waals surface area contributed by atoms with E-state index in [-0.39, 0.29) is 23.2 Å². The summed E-state index contributed by atoms with van der Waals surface area (Å²) >= 11 is 0. The average molecular weight is 939 g/mol. The van der Waals surface area contributed by atoms with Gasteiger partial charge in [0.25, 0.3) is 11.1 Å². The summed E-state index contributed by atoms with van der Waals surface area (Å²) in [5.41, 5.74) is 2.54. The molecule has 11 rings (SSSR count). The van der Waals surface area contributed by atoms with Crippen LogP contribution < -0.4 is 26.1 Å². The number of benzene rings is 6. The molecule has 2 aliphatic rings. The highest BCUT2D eigenvalue weighted by molar-refractivity contribution is 6.40. The van der Waals surface area contributed by atoms with E-state index in [9.17, 15) is 9.59 Å². The van der Waals surface area contributed by atoms with Crippen LogP contribution >= 0.6 is 0 Å². The van der Waals surface area contributed by atoms with Crippen molar-refractivity contribution in [1.82, 2.24) is 14.0 Å². The summed E-state index contributed by atoms with van der Waals surface area (Å²) in [6.45, 7) is 11.2. The molecule has 3 aromatic heterocycles. The zero-order valence-corrected chi connectivity index (χ0v) is 41.5. The van der Waals surface area contributed by atoms with E-state index in [0.29, 0.717) is 76.6 Å². The summed E-state index contributed by atoms with van der Waals surface area (Å²) in [7, 11) is 0. The molecule has 10 heteroatoms. The van der Waals surface area contributed by atoms with Gasteiger partial charge in [0.2, 0.25) is 0 Å². The van der Waals surface area contributed by atoms with Gasteiger partial charge in [0.15, 0.2) is 23.0 Å². The predicted octanol–water partition coefficient (Wildman–Crippen LogP) is 14.0. The van der Waals surface area contributed by atoms with Gasteiger partial charge < -0.3 is 18.9 Å². The standard InChI is InChI=1S/C60H66N4O6/c1-5-9-13-17-29-67-49-33-45-47(35-51(49)69-31-19-15-11-7-3)63-57(61-45)41-25-21-37-40-24-28-44-56-42(26-22-38(54(40)56)39-23-27-43(59(63)65)55(41)53(37)39)58-62-46-34-50(68-30-18-14-10-6-2)52(70-32-20-16-12-8-4)36-48(46)64(58)60(44)66/h21-28,33-36,45,47H,5-20,29-32H2,1-4H3. The number of unbranched alkanes of at least 4 members (excludes halogenated alkanes) is 12. The van der Waals surface area contributed by atoms with Gasteiger partial charge in [-0.2, -0.15) is 0 Å². The third-order valence-electron chi connectivity index (χ3n) is 15.0. The lowest BCUT2D eigenvalue weighted by Crippen LogP contribution is -2.35. The molecule has 2 unspecified atom stereocenters. The minimum Gasteiger partial charge on any atom is -0.490 e. The van der Waals surface area contributed by atoms with E-state index in [1.807, 2.05) is 28.8 Å². The fourth-order valence-corrected chi connectivity index (χ4v) is 11.4. The maximum Gasteiger partial charge on any atom is 0.264 e. The SMILES string of the molecule is CCCCCCOC1=CC2N=c3c4ccc5c6ccc7c(=O)n8c9cc(OCCCCCC)c(OCCCCCC)cc9nc8c8ccc(c9ccc(c(=O)n3C2C=C1OCCCCCC)c4c59)c6c78. The van der Waals surface area contributed by atoms with E-state index in [1.165, 1.54) is 32.1 Å². The molecule has 1 aliphatic carbocycles. The summed E-state index contributed by atoms with van der Waals surface area (Å²) in [5.74, 6) is 2.75. The fourth-order valence-electron chi connectivity index (χ4n) is 11.4. The van der Waals surface area contributed by atoms with Gasteiger partial charge in [0.1, 0.15) is 11.1 Å². The highest BCUT2D eigenvalue weighted by atomic mass is 16.5. The Balaban J connectivity index is 1.03. The van der Waals surface area contributed by atoms with Crippen molar-refractivity contribution < 1.29 is 18.9 Å². The highest BCUT2D eigenvalue weighted by Crippen LogP contribution is 2.46. The maximum atomic E-state index is 14.9. The van der Waals surface area contributed by atoms with E-state index < -0.39 is 0 Å². The summed E-state index contributed by atoms with van der Waals surface area (Å²) in [6.07, 6.45) is 21.8. The second kappa shape index (κ2) is 19.8. The van der Waals surface area contributed by atoms with Crippen molar-refractivity contribution in [3.8, 4) is 11.5 Å². The number of nitrogens with zero attached hydrogens (tertiary/aromatic N) is 4. The number of rotatable bonds is 24. The first kappa shape index (κ1) is 46.0. The van der Waals surface area contributed by atoms with Crippen LogP contribution in [0.3, 0.4) is 0 Å². The van der Waals surface area contributed by atoms with E-state index in [4.69, 9.17) is 28.9 Å². The van der Waals surface area contributed by atoms with Crippen LogP contribution in [0.4, 0.5) is 0 Å². The van der Waals surface area contributed by atoms with E-state index in [2.05, 4.69) is 76.2 Å². The van der Waals surface area contributed by atoms with Gasteiger partial charge in [0, 0.05) is 44.5 Å². The Morgan fingerprint density at radius 2 is 0.914 bits per heavy atom. The van der Waals surface area contributed by atoms with Crippen molar-refractivity contribution in [2.45, 2.75) is 143 Å². The number of fused-ring (bicyclic) bond motifs is 10. The molecule has 0 N–H and O–H groups in total. The Hall–Kier alpha value is -6.42. The molecule has 362 valence electrons. The maximum absolute atomic E-state index is 14.9. The van der Waals surface area contributed by atoms with Crippen molar-refractivity contribution >= 4 is 81.3 Å². The molecule has 1 aliphatic heterocycles. The van der Waals surface area contributed by atoms with Crippen LogP contribution in [0.2, 0.25) is 0 Å². The van der Waals surface area contributed by atoms with Crippen LogP contribution in [0.15, 0.2) is 98.9 Å². The Morgan fingerprint density at radius 3 is 1.47 bits per heavy atom. The van der Waals surface area contributed by atoms with Crippen LogP contribution in [-0.4, -0.2) is 46.4 Å². The average Bonchev–Trinajstić information content (AvgIpc) is 3.95. The number of pyridine rings is 2. The van der Waals surface area contributed by atoms with Crippen LogP contribution in [0, 0.1) is 0 Å². The fraction of sp³-hybridized carbons (Fsp3) is 0.433. The lowest BCUT2D eigenvalue weighted by molar-refractivity contribution is 0.139. The Labute approximate surface area is 408 Å². The molecule has 70 heavy (non-hydrogen) atoms. The molecular weight excluding hydrogens is 873 g/mol. The highest BCUT2D eigenvalue weighted by Gasteiger charge is 2.35. The van der Waals surface area contributed by atoms with Crippen LogP contribution in [0.25, 0.3) is 81.3 Å². The third-order valence-corrected chi connectivity index (χ3v) is 15.0.